The Labute approximate surface area is 111 Å². The Morgan fingerprint density at radius 1 is 1.50 bits per heavy atom. The first-order chi connectivity index (χ1) is 8.67. The molecule has 1 heterocycles. The van der Waals surface area contributed by atoms with E-state index in [4.69, 9.17) is 16.3 Å². The molecule has 0 fully saturated rings. The number of ether oxygens (including phenoxy) is 1. The van der Waals surface area contributed by atoms with E-state index in [1.165, 1.54) is 0 Å². The summed E-state index contributed by atoms with van der Waals surface area (Å²) in [6, 6.07) is 5.87. The third-order valence-corrected chi connectivity index (χ3v) is 3.01. The monoisotopic (exact) mass is 266 g/mol. The number of halogens is 1. The molecule has 96 valence electrons. The summed E-state index contributed by atoms with van der Waals surface area (Å²) in [5.41, 5.74) is 2.87. The average molecular weight is 267 g/mol. The van der Waals surface area contributed by atoms with Crippen LogP contribution >= 0.6 is 11.6 Å². The number of rotatable bonds is 4. The summed E-state index contributed by atoms with van der Waals surface area (Å²) in [4.78, 5) is 16.1. The molecule has 0 atom stereocenters. The van der Waals surface area contributed by atoms with Crippen LogP contribution in [0.1, 0.15) is 18.3 Å². The van der Waals surface area contributed by atoms with Crippen molar-refractivity contribution in [1.82, 2.24) is 9.55 Å². The van der Waals surface area contributed by atoms with Gasteiger partial charge >= 0.3 is 5.97 Å². The molecule has 4 nitrogen and oxygen atoms in total. The molecule has 0 spiro atoms. The smallest absolute Gasteiger partial charge is 0.326 e. The zero-order valence-electron chi connectivity index (χ0n) is 10.4. The fraction of sp³-hybridized carbons (Fsp3) is 0.385. The molecule has 1 aromatic carbocycles. The molecule has 5 heteroatoms. The summed E-state index contributed by atoms with van der Waals surface area (Å²) < 4.78 is 6.78. The van der Waals surface area contributed by atoms with Crippen LogP contribution in [0.5, 0.6) is 0 Å². The number of imidazole rings is 1. The van der Waals surface area contributed by atoms with Crippen molar-refractivity contribution in [2.75, 3.05) is 6.61 Å². The second-order valence-corrected chi connectivity index (χ2v) is 4.26. The Balaban J connectivity index is 2.47. The van der Waals surface area contributed by atoms with Crippen molar-refractivity contribution in [2.45, 2.75) is 26.3 Å². The van der Waals surface area contributed by atoms with Crippen molar-refractivity contribution in [1.29, 1.82) is 0 Å². The van der Waals surface area contributed by atoms with Crippen LogP contribution in [-0.2, 0) is 22.0 Å². The van der Waals surface area contributed by atoms with Crippen molar-refractivity contribution < 1.29 is 9.53 Å². The highest BCUT2D eigenvalue weighted by molar-refractivity contribution is 6.16. The van der Waals surface area contributed by atoms with Crippen LogP contribution in [0.25, 0.3) is 11.0 Å². The van der Waals surface area contributed by atoms with E-state index in [1.54, 1.807) is 6.92 Å². The van der Waals surface area contributed by atoms with Gasteiger partial charge in [-0.2, -0.15) is 0 Å². The van der Waals surface area contributed by atoms with Crippen molar-refractivity contribution in [3.05, 3.63) is 29.6 Å². The largest absolute Gasteiger partial charge is 0.465 e. The van der Waals surface area contributed by atoms with Crippen LogP contribution < -0.4 is 0 Å². The van der Waals surface area contributed by atoms with Gasteiger partial charge in [0.2, 0.25) is 0 Å². The van der Waals surface area contributed by atoms with Gasteiger partial charge in [-0.25, -0.2) is 4.98 Å². The van der Waals surface area contributed by atoms with Crippen LogP contribution in [-0.4, -0.2) is 22.1 Å². The zero-order chi connectivity index (χ0) is 13.1. The van der Waals surface area contributed by atoms with E-state index in [1.807, 2.05) is 29.7 Å². The first kappa shape index (κ1) is 12.9. The number of hydrogen-bond acceptors (Lipinski definition) is 3. The topological polar surface area (TPSA) is 44.1 Å². The highest BCUT2D eigenvalue weighted by Crippen LogP contribution is 2.20. The second kappa shape index (κ2) is 5.40. The van der Waals surface area contributed by atoms with Crippen molar-refractivity contribution in [3.8, 4) is 0 Å². The van der Waals surface area contributed by atoms with Gasteiger partial charge in [0.25, 0.3) is 0 Å². The minimum absolute atomic E-state index is 0.149. The lowest BCUT2D eigenvalue weighted by molar-refractivity contribution is -0.143. The lowest BCUT2D eigenvalue weighted by atomic mass is 10.2. The molecule has 0 bridgehead atoms. The molecule has 0 aliphatic heterocycles. The van der Waals surface area contributed by atoms with Crippen LogP contribution in [0.15, 0.2) is 18.2 Å². The van der Waals surface area contributed by atoms with Gasteiger partial charge in [-0.3, -0.25) is 4.79 Å². The summed E-state index contributed by atoms with van der Waals surface area (Å²) in [5, 5.41) is 0. The van der Waals surface area contributed by atoms with Crippen LogP contribution in [0.2, 0.25) is 0 Å². The molecule has 0 unspecified atom stereocenters. The third-order valence-electron chi connectivity index (χ3n) is 2.77. The molecular formula is C13H15ClN2O2. The van der Waals surface area contributed by atoms with Gasteiger partial charge < -0.3 is 9.30 Å². The maximum Gasteiger partial charge on any atom is 0.326 e. The van der Waals surface area contributed by atoms with Gasteiger partial charge in [-0.05, 0) is 25.5 Å². The average Bonchev–Trinajstić information content (AvgIpc) is 2.69. The second-order valence-electron chi connectivity index (χ2n) is 4.00. The highest BCUT2D eigenvalue weighted by Gasteiger charge is 2.14. The molecule has 0 aliphatic carbocycles. The van der Waals surface area contributed by atoms with E-state index < -0.39 is 0 Å². The third kappa shape index (κ3) is 2.34. The lowest BCUT2D eigenvalue weighted by Gasteiger charge is -2.07. The quantitative estimate of drug-likeness (QED) is 0.631. The van der Waals surface area contributed by atoms with Gasteiger partial charge in [0.1, 0.15) is 12.4 Å². The number of carbonyl (C=O) groups is 1. The van der Waals surface area contributed by atoms with Gasteiger partial charge in [0, 0.05) is 0 Å². The molecule has 0 saturated carbocycles. The first-order valence-electron chi connectivity index (χ1n) is 5.83. The van der Waals surface area contributed by atoms with E-state index in [9.17, 15) is 4.79 Å². The highest BCUT2D eigenvalue weighted by atomic mass is 35.5. The number of alkyl halides is 1. The number of aryl methyl sites for hydroxylation is 1. The number of hydrogen-bond donors (Lipinski definition) is 0. The summed E-state index contributed by atoms with van der Waals surface area (Å²) in [6.45, 7) is 4.30. The Bertz CT molecular complexity index is 578. The first-order valence-corrected chi connectivity index (χ1v) is 6.37. The van der Waals surface area contributed by atoms with E-state index >= 15 is 0 Å². The number of fused-ring (bicyclic) bond motifs is 1. The Kier molecular flexibility index (Phi) is 3.87. The van der Waals surface area contributed by atoms with E-state index in [2.05, 4.69) is 4.98 Å². The SMILES string of the molecule is CCOC(=O)Cn1c(CCl)nc2c(C)cccc21. The van der Waals surface area contributed by atoms with E-state index in [0.717, 1.165) is 16.6 Å². The van der Waals surface area contributed by atoms with E-state index in [0.29, 0.717) is 12.4 Å². The van der Waals surface area contributed by atoms with Crippen molar-refractivity contribution in [2.24, 2.45) is 0 Å². The maximum absolute atomic E-state index is 11.6. The molecule has 18 heavy (non-hydrogen) atoms. The summed E-state index contributed by atoms with van der Waals surface area (Å²) in [6.07, 6.45) is 0. The molecule has 0 amide bonds. The molecule has 0 radical (unpaired) electrons. The molecular weight excluding hydrogens is 252 g/mol. The van der Waals surface area contributed by atoms with Crippen LogP contribution in [0, 0.1) is 6.92 Å². The predicted molar refractivity (Wildman–Crippen MR) is 70.7 cm³/mol. The normalized spacial score (nSPS) is 10.8. The van der Waals surface area contributed by atoms with Gasteiger partial charge in [0.05, 0.1) is 23.5 Å². The van der Waals surface area contributed by atoms with Crippen molar-refractivity contribution in [3.63, 3.8) is 0 Å². The zero-order valence-corrected chi connectivity index (χ0v) is 11.2. The number of esters is 1. The molecule has 0 N–H and O–H groups in total. The molecule has 0 aliphatic rings. The van der Waals surface area contributed by atoms with E-state index in [-0.39, 0.29) is 18.4 Å². The Morgan fingerprint density at radius 3 is 2.94 bits per heavy atom. The number of nitrogens with zero attached hydrogens (tertiary/aromatic N) is 2. The van der Waals surface area contributed by atoms with Gasteiger partial charge in [-0.1, -0.05) is 12.1 Å². The fourth-order valence-electron chi connectivity index (χ4n) is 1.95. The number of benzene rings is 1. The molecule has 1 aromatic heterocycles. The molecule has 2 rings (SSSR count). The standard InChI is InChI=1S/C13H15ClN2O2/c1-3-18-12(17)8-16-10-6-4-5-9(2)13(10)15-11(16)7-14/h4-6H,3,7-8H2,1-2H3. The fourth-order valence-corrected chi connectivity index (χ4v) is 2.15. The number of carbonyl (C=O) groups excluding carboxylic acids is 1. The minimum Gasteiger partial charge on any atom is -0.465 e. The number of aromatic nitrogens is 2. The van der Waals surface area contributed by atoms with Gasteiger partial charge in [-0.15, -0.1) is 11.6 Å². The molecule has 2 aromatic rings. The Morgan fingerprint density at radius 2 is 2.28 bits per heavy atom. The Hall–Kier alpha value is -1.55. The lowest BCUT2D eigenvalue weighted by Crippen LogP contribution is -2.15. The van der Waals surface area contributed by atoms with Crippen molar-refractivity contribution >= 4 is 28.6 Å². The summed E-state index contributed by atoms with van der Waals surface area (Å²) in [7, 11) is 0. The maximum atomic E-state index is 11.6. The summed E-state index contributed by atoms with van der Waals surface area (Å²) >= 11 is 5.88. The predicted octanol–water partition coefficient (Wildman–Crippen LogP) is 2.65. The minimum atomic E-state index is -0.273. The number of para-hydroxylation sites is 1. The van der Waals surface area contributed by atoms with Crippen LogP contribution in [0.4, 0.5) is 0 Å². The van der Waals surface area contributed by atoms with Gasteiger partial charge in [0.15, 0.2) is 0 Å². The molecule has 0 saturated heterocycles. The summed E-state index contributed by atoms with van der Waals surface area (Å²) in [5.74, 6) is 0.687. The van der Waals surface area contributed by atoms with Crippen LogP contribution in [0.3, 0.4) is 0 Å².